The number of carbonyl (C=O) groups excluding carboxylic acids is 1. The topological polar surface area (TPSA) is 42.9 Å². The van der Waals surface area contributed by atoms with E-state index >= 15 is 0 Å². The molecule has 1 aromatic heterocycles. The monoisotopic (exact) mass is 190 g/mol. The van der Waals surface area contributed by atoms with E-state index in [9.17, 15) is 4.79 Å². The Balaban J connectivity index is 3.19. The third-order valence-corrected chi connectivity index (χ3v) is 1.40. The maximum absolute atomic E-state index is 10.6. The highest BCUT2D eigenvalue weighted by molar-refractivity contribution is 6.67. The Hall–Kier alpha value is -0.670. The number of rotatable bonds is 1. The molecule has 0 aliphatic rings. The van der Waals surface area contributed by atoms with Gasteiger partial charge in [0, 0.05) is 6.07 Å². The van der Waals surface area contributed by atoms with Gasteiger partial charge in [0.05, 0.1) is 0 Å². The normalized spacial score (nSPS) is 9.73. The maximum Gasteiger partial charge on any atom is 0.271 e. The van der Waals surface area contributed by atoms with Gasteiger partial charge >= 0.3 is 0 Å². The number of aromatic nitrogens is 2. The summed E-state index contributed by atoms with van der Waals surface area (Å²) in [6.45, 7) is 1.63. The average molecular weight is 191 g/mol. The predicted molar refractivity (Wildman–Crippen MR) is 42.0 cm³/mol. The molecule has 0 atom stereocenters. The minimum Gasteiger partial charge on any atom is -0.274 e. The van der Waals surface area contributed by atoms with Gasteiger partial charge in [-0.1, -0.05) is 11.6 Å². The van der Waals surface area contributed by atoms with Crippen molar-refractivity contribution >= 4 is 28.4 Å². The Morgan fingerprint density at radius 3 is 2.64 bits per heavy atom. The molecule has 0 amide bonds. The van der Waals surface area contributed by atoms with E-state index in [2.05, 4.69) is 9.97 Å². The van der Waals surface area contributed by atoms with Crippen molar-refractivity contribution in [3.8, 4) is 0 Å². The van der Waals surface area contributed by atoms with E-state index in [0.717, 1.165) is 0 Å². The summed E-state index contributed by atoms with van der Waals surface area (Å²) in [4.78, 5) is 18.1. The number of halogens is 2. The molecule has 11 heavy (non-hydrogen) atoms. The smallest absolute Gasteiger partial charge is 0.271 e. The van der Waals surface area contributed by atoms with Crippen LogP contribution in [0.2, 0.25) is 5.15 Å². The number of hydrogen-bond donors (Lipinski definition) is 0. The number of nitrogens with zero attached hydrogens (tertiary/aromatic N) is 2. The molecule has 1 rings (SSSR count). The van der Waals surface area contributed by atoms with Crippen LogP contribution in [0.5, 0.6) is 0 Å². The molecular weight excluding hydrogens is 187 g/mol. The zero-order valence-corrected chi connectivity index (χ0v) is 7.15. The van der Waals surface area contributed by atoms with Gasteiger partial charge in [-0.25, -0.2) is 9.97 Å². The molecule has 0 aliphatic heterocycles. The second-order valence-corrected chi connectivity index (χ2v) is 2.63. The summed E-state index contributed by atoms with van der Waals surface area (Å²) in [5.74, 6) is 0.432. The summed E-state index contributed by atoms with van der Waals surface area (Å²) >= 11 is 10.7. The zero-order chi connectivity index (χ0) is 8.43. The number of hydrogen-bond acceptors (Lipinski definition) is 3. The molecule has 0 radical (unpaired) electrons. The molecule has 1 heterocycles. The van der Waals surface area contributed by atoms with Gasteiger partial charge < -0.3 is 0 Å². The molecule has 0 fully saturated rings. The van der Waals surface area contributed by atoms with Crippen LogP contribution in [0, 0.1) is 6.92 Å². The first kappa shape index (κ1) is 8.43. The van der Waals surface area contributed by atoms with Gasteiger partial charge in [-0.2, -0.15) is 0 Å². The SMILES string of the molecule is Cc1nc(Cl)cc(C(=O)Cl)n1. The van der Waals surface area contributed by atoms with E-state index in [0.29, 0.717) is 5.82 Å². The van der Waals surface area contributed by atoms with Crippen LogP contribution in [-0.2, 0) is 0 Å². The van der Waals surface area contributed by atoms with Crippen LogP contribution in [0.25, 0.3) is 0 Å². The van der Waals surface area contributed by atoms with Crippen LogP contribution in [0.3, 0.4) is 0 Å². The molecular formula is C6H4Cl2N2O. The largest absolute Gasteiger partial charge is 0.274 e. The first-order valence-corrected chi connectivity index (χ1v) is 3.56. The molecule has 0 N–H and O–H groups in total. The van der Waals surface area contributed by atoms with Crippen molar-refractivity contribution in [2.45, 2.75) is 6.92 Å². The minimum absolute atomic E-state index is 0.129. The summed E-state index contributed by atoms with van der Waals surface area (Å²) in [6.07, 6.45) is 0. The summed E-state index contributed by atoms with van der Waals surface area (Å²) in [5, 5.41) is -0.404. The van der Waals surface area contributed by atoms with Gasteiger partial charge in [0.25, 0.3) is 5.24 Å². The Morgan fingerprint density at radius 1 is 1.55 bits per heavy atom. The van der Waals surface area contributed by atoms with E-state index in [1.54, 1.807) is 6.92 Å². The van der Waals surface area contributed by atoms with Crippen LogP contribution in [-0.4, -0.2) is 15.2 Å². The van der Waals surface area contributed by atoms with E-state index in [-0.39, 0.29) is 10.8 Å². The fourth-order valence-electron chi connectivity index (χ4n) is 0.632. The molecule has 0 aromatic carbocycles. The summed E-state index contributed by atoms with van der Waals surface area (Å²) in [6, 6.07) is 1.32. The van der Waals surface area contributed by atoms with Gasteiger partial charge in [0.1, 0.15) is 16.7 Å². The van der Waals surface area contributed by atoms with Crippen LogP contribution in [0.4, 0.5) is 0 Å². The summed E-state index contributed by atoms with van der Waals surface area (Å²) in [7, 11) is 0. The third kappa shape index (κ3) is 2.13. The Kier molecular flexibility index (Phi) is 2.42. The van der Waals surface area contributed by atoms with Crippen molar-refractivity contribution in [2.75, 3.05) is 0 Å². The molecule has 0 spiro atoms. The molecule has 58 valence electrons. The Morgan fingerprint density at radius 2 is 2.18 bits per heavy atom. The summed E-state index contributed by atoms with van der Waals surface area (Å²) in [5.41, 5.74) is 0.129. The molecule has 0 aliphatic carbocycles. The molecule has 1 aromatic rings. The Labute approximate surface area is 73.4 Å². The third-order valence-electron chi connectivity index (χ3n) is 1.01. The van der Waals surface area contributed by atoms with Crippen LogP contribution >= 0.6 is 23.2 Å². The van der Waals surface area contributed by atoms with Crippen molar-refractivity contribution < 1.29 is 4.79 Å². The molecule has 0 saturated carbocycles. The lowest BCUT2D eigenvalue weighted by Gasteiger charge is -1.95. The van der Waals surface area contributed by atoms with Gasteiger partial charge in [0.2, 0.25) is 0 Å². The molecule has 0 saturated heterocycles. The van der Waals surface area contributed by atoms with Crippen molar-refractivity contribution in [1.29, 1.82) is 0 Å². The molecule has 0 bridgehead atoms. The minimum atomic E-state index is -0.627. The number of aryl methyl sites for hydroxylation is 1. The Bertz CT molecular complexity index is 280. The highest BCUT2D eigenvalue weighted by Crippen LogP contribution is 2.08. The van der Waals surface area contributed by atoms with Crippen LogP contribution in [0.15, 0.2) is 6.07 Å². The average Bonchev–Trinajstić information content (AvgIpc) is 1.85. The van der Waals surface area contributed by atoms with Crippen LogP contribution < -0.4 is 0 Å². The molecule has 3 nitrogen and oxygen atoms in total. The highest BCUT2D eigenvalue weighted by Gasteiger charge is 2.05. The first-order valence-electron chi connectivity index (χ1n) is 2.80. The second kappa shape index (κ2) is 3.15. The maximum atomic E-state index is 10.6. The lowest BCUT2D eigenvalue weighted by molar-refractivity contribution is 0.107. The number of carbonyl (C=O) groups is 1. The predicted octanol–water partition coefficient (Wildman–Crippen LogP) is 1.82. The van der Waals surface area contributed by atoms with Crippen molar-refractivity contribution in [2.24, 2.45) is 0 Å². The van der Waals surface area contributed by atoms with Gasteiger partial charge in [-0.3, -0.25) is 4.79 Å². The van der Waals surface area contributed by atoms with E-state index in [1.165, 1.54) is 6.07 Å². The van der Waals surface area contributed by atoms with E-state index in [4.69, 9.17) is 23.2 Å². The van der Waals surface area contributed by atoms with Crippen molar-refractivity contribution in [3.05, 3.63) is 22.7 Å². The molecule has 5 heteroatoms. The summed E-state index contributed by atoms with van der Waals surface area (Å²) < 4.78 is 0. The first-order chi connectivity index (χ1) is 5.09. The molecule has 0 unspecified atom stereocenters. The van der Waals surface area contributed by atoms with Crippen LogP contribution in [0.1, 0.15) is 16.3 Å². The van der Waals surface area contributed by atoms with Crippen molar-refractivity contribution in [1.82, 2.24) is 9.97 Å². The lowest BCUT2D eigenvalue weighted by atomic mass is 10.4. The lowest BCUT2D eigenvalue weighted by Crippen LogP contribution is -1.98. The highest BCUT2D eigenvalue weighted by atomic mass is 35.5. The second-order valence-electron chi connectivity index (χ2n) is 1.90. The van der Waals surface area contributed by atoms with E-state index in [1.807, 2.05) is 0 Å². The standard InChI is InChI=1S/C6H4Cl2N2O/c1-3-9-4(6(8)11)2-5(7)10-3/h2H,1H3. The fraction of sp³-hybridized carbons (Fsp3) is 0.167. The van der Waals surface area contributed by atoms with Gasteiger partial charge in [-0.15, -0.1) is 0 Å². The van der Waals surface area contributed by atoms with Gasteiger partial charge in [-0.05, 0) is 18.5 Å². The zero-order valence-electron chi connectivity index (χ0n) is 5.64. The van der Waals surface area contributed by atoms with Crippen molar-refractivity contribution in [3.63, 3.8) is 0 Å². The fourth-order valence-corrected chi connectivity index (χ4v) is 0.954. The quantitative estimate of drug-likeness (QED) is 0.502. The van der Waals surface area contributed by atoms with E-state index < -0.39 is 5.24 Å². The van der Waals surface area contributed by atoms with Gasteiger partial charge in [0.15, 0.2) is 0 Å².